The van der Waals surface area contributed by atoms with Crippen LogP contribution in [0.2, 0.25) is 0 Å². The molecule has 1 aliphatic rings. The molecule has 1 saturated carbocycles. The van der Waals surface area contributed by atoms with Crippen LogP contribution in [0.5, 0.6) is 0 Å². The first-order valence-corrected chi connectivity index (χ1v) is 7.97. The maximum absolute atomic E-state index is 4.58. The van der Waals surface area contributed by atoms with Gasteiger partial charge in [0.25, 0.3) is 0 Å². The second-order valence-electron chi connectivity index (χ2n) is 6.22. The van der Waals surface area contributed by atoms with Crippen molar-refractivity contribution in [2.45, 2.75) is 25.3 Å². The van der Waals surface area contributed by atoms with Crippen molar-refractivity contribution >= 4 is 17.6 Å². The highest BCUT2D eigenvalue weighted by Gasteiger charge is 2.38. The van der Waals surface area contributed by atoms with Crippen LogP contribution in [0.1, 0.15) is 19.8 Å². The summed E-state index contributed by atoms with van der Waals surface area (Å²) in [6.45, 7) is 2.18. The number of aromatic nitrogens is 4. The maximum atomic E-state index is 4.58. The fourth-order valence-electron chi connectivity index (χ4n) is 2.35. The molecule has 24 heavy (non-hydrogen) atoms. The smallest absolute Gasteiger partial charge is 0.232 e. The van der Waals surface area contributed by atoms with Crippen LogP contribution in [-0.4, -0.2) is 25.5 Å². The molecule has 0 bridgehead atoms. The largest absolute Gasteiger partial charge is 0.349 e. The Morgan fingerprint density at radius 1 is 0.875 bits per heavy atom. The van der Waals surface area contributed by atoms with Crippen LogP contribution in [0.25, 0.3) is 11.4 Å². The van der Waals surface area contributed by atoms with Gasteiger partial charge in [0.1, 0.15) is 0 Å². The zero-order valence-corrected chi connectivity index (χ0v) is 13.4. The Morgan fingerprint density at radius 3 is 2.29 bits per heavy atom. The quantitative estimate of drug-likeness (QED) is 0.748. The van der Waals surface area contributed by atoms with Gasteiger partial charge in [-0.05, 0) is 31.9 Å². The molecule has 0 aliphatic heterocycles. The fraction of sp³-hybridized carbons (Fsp3) is 0.222. The second-order valence-corrected chi connectivity index (χ2v) is 6.22. The Morgan fingerprint density at radius 2 is 1.58 bits per heavy atom. The molecular weight excluding hydrogens is 300 g/mol. The molecule has 0 spiro atoms. The molecule has 3 aromatic rings. The molecule has 6 nitrogen and oxygen atoms in total. The molecule has 120 valence electrons. The van der Waals surface area contributed by atoms with Gasteiger partial charge in [0.15, 0.2) is 5.82 Å². The van der Waals surface area contributed by atoms with Gasteiger partial charge in [0, 0.05) is 29.2 Å². The minimum absolute atomic E-state index is 0.100. The highest BCUT2D eigenvalue weighted by atomic mass is 15.2. The summed E-state index contributed by atoms with van der Waals surface area (Å²) in [4.78, 5) is 17.7. The van der Waals surface area contributed by atoms with E-state index in [-0.39, 0.29) is 5.54 Å². The molecule has 0 saturated heterocycles. The summed E-state index contributed by atoms with van der Waals surface area (Å²) >= 11 is 0. The standard InChI is InChI=1S/C18H18N6/c1-18(9-10-18)24-17-22-15(13-5-3-2-4-6-13)21-16(23-17)20-14-7-11-19-12-8-14/h2-8,11-12H,9-10H2,1H3,(H2,19,20,21,22,23,24). The molecule has 1 aromatic carbocycles. The van der Waals surface area contributed by atoms with Crippen LogP contribution in [0, 0.1) is 0 Å². The van der Waals surface area contributed by atoms with Gasteiger partial charge in [-0.25, -0.2) is 0 Å². The van der Waals surface area contributed by atoms with Crippen molar-refractivity contribution in [2.75, 3.05) is 10.6 Å². The molecule has 6 heteroatoms. The zero-order chi connectivity index (χ0) is 16.4. The monoisotopic (exact) mass is 318 g/mol. The van der Waals surface area contributed by atoms with Crippen molar-refractivity contribution in [3.8, 4) is 11.4 Å². The van der Waals surface area contributed by atoms with Crippen molar-refractivity contribution < 1.29 is 0 Å². The second kappa shape index (κ2) is 5.88. The summed E-state index contributed by atoms with van der Waals surface area (Å²) in [5.74, 6) is 1.76. The molecule has 0 amide bonds. The van der Waals surface area contributed by atoms with E-state index in [2.05, 4.69) is 37.5 Å². The molecule has 1 aliphatic carbocycles. The first-order valence-electron chi connectivity index (χ1n) is 7.97. The molecule has 4 rings (SSSR count). The van der Waals surface area contributed by atoms with Gasteiger partial charge >= 0.3 is 0 Å². The molecule has 2 N–H and O–H groups in total. The van der Waals surface area contributed by atoms with Crippen LogP contribution in [0.15, 0.2) is 54.9 Å². The third-order valence-electron chi connectivity index (χ3n) is 4.02. The lowest BCUT2D eigenvalue weighted by Gasteiger charge is -2.14. The van der Waals surface area contributed by atoms with Crippen LogP contribution in [-0.2, 0) is 0 Å². The van der Waals surface area contributed by atoms with Crippen molar-refractivity contribution in [1.29, 1.82) is 0 Å². The van der Waals surface area contributed by atoms with E-state index in [0.29, 0.717) is 17.7 Å². The average Bonchev–Trinajstić information content (AvgIpc) is 3.33. The zero-order valence-electron chi connectivity index (χ0n) is 13.4. The lowest BCUT2D eigenvalue weighted by molar-refractivity contribution is 0.807. The molecule has 0 radical (unpaired) electrons. The van der Waals surface area contributed by atoms with Crippen LogP contribution < -0.4 is 10.6 Å². The number of nitrogens with zero attached hydrogens (tertiary/aromatic N) is 4. The molecule has 2 aromatic heterocycles. The van der Waals surface area contributed by atoms with Crippen molar-refractivity contribution in [1.82, 2.24) is 19.9 Å². The fourth-order valence-corrected chi connectivity index (χ4v) is 2.35. The number of rotatable bonds is 5. The third kappa shape index (κ3) is 3.32. The van der Waals surface area contributed by atoms with Crippen LogP contribution >= 0.6 is 0 Å². The van der Waals surface area contributed by atoms with Gasteiger partial charge in [-0.15, -0.1) is 0 Å². The van der Waals surface area contributed by atoms with E-state index < -0.39 is 0 Å². The molecular formula is C18H18N6. The van der Waals surface area contributed by atoms with Crippen molar-refractivity contribution in [3.63, 3.8) is 0 Å². The highest BCUT2D eigenvalue weighted by Crippen LogP contribution is 2.37. The molecule has 1 fully saturated rings. The lowest BCUT2D eigenvalue weighted by atomic mass is 10.2. The summed E-state index contributed by atoms with van der Waals surface area (Å²) in [5.41, 5.74) is 1.95. The summed E-state index contributed by atoms with van der Waals surface area (Å²) in [5, 5.41) is 6.63. The van der Waals surface area contributed by atoms with Gasteiger partial charge in [-0.2, -0.15) is 15.0 Å². The topological polar surface area (TPSA) is 75.6 Å². The van der Waals surface area contributed by atoms with E-state index in [1.807, 2.05) is 42.5 Å². The average molecular weight is 318 g/mol. The first-order chi connectivity index (χ1) is 11.7. The number of nitrogens with one attached hydrogen (secondary N) is 2. The Kier molecular flexibility index (Phi) is 3.57. The number of hydrogen-bond donors (Lipinski definition) is 2. The van der Waals surface area contributed by atoms with Gasteiger partial charge in [0.05, 0.1) is 0 Å². The Bertz CT molecular complexity index is 831. The van der Waals surface area contributed by atoms with E-state index in [4.69, 9.17) is 0 Å². The highest BCUT2D eigenvalue weighted by molar-refractivity contribution is 5.61. The number of pyridine rings is 1. The Labute approximate surface area is 140 Å². The first kappa shape index (κ1) is 14.6. The van der Waals surface area contributed by atoms with Gasteiger partial charge in [0.2, 0.25) is 11.9 Å². The van der Waals surface area contributed by atoms with Gasteiger partial charge in [-0.1, -0.05) is 30.3 Å². The molecule has 0 atom stereocenters. The minimum atomic E-state index is 0.100. The number of anilines is 3. The van der Waals surface area contributed by atoms with Crippen LogP contribution in [0.3, 0.4) is 0 Å². The van der Waals surface area contributed by atoms with E-state index in [1.54, 1.807) is 12.4 Å². The predicted molar refractivity (Wildman–Crippen MR) is 94.0 cm³/mol. The van der Waals surface area contributed by atoms with Crippen LogP contribution in [0.4, 0.5) is 17.6 Å². The van der Waals surface area contributed by atoms with Gasteiger partial charge < -0.3 is 10.6 Å². The van der Waals surface area contributed by atoms with Gasteiger partial charge in [-0.3, -0.25) is 4.98 Å². The van der Waals surface area contributed by atoms with E-state index >= 15 is 0 Å². The van der Waals surface area contributed by atoms with E-state index in [1.165, 1.54) is 0 Å². The molecule has 2 heterocycles. The number of hydrogen-bond acceptors (Lipinski definition) is 6. The SMILES string of the molecule is CC1(Nc2nc(Nc3ccncc3)nc(-c3ccccc3)n2)CC1. The summed E-state index contributed by atoms with van der Waals surface area (Å²) in [7, 11) is 0. The number of benzene rings is 1. The summed E-state index contributed by atoms with van der Waals surface area (Å²) in [6.07, 6.45) is 5.72. The molecule has 0 unspecified atom stereocenters. The lowest BCUT2D eigenvalue weighted by Crippen LogP contribution is -2.19. The minimum Gasteiger partial charge on any atom is -0.349 e. The van der Waals surface area contributed by atoms with Crippen molar-refractivity contribution in [2.24, 2.45) is 0 Å². The maximum Gasteiger partial charge on any atom is 0.232 e. The predicted octanol–water partition coefficient (Wildman–Crippen LogP) is 3.64. The van der Waals surface area contributed by atoms with E-state index in [9.17, 15) is 0 Å². The van der Waals surface area contributed by atoms with E-state index in [0.717, 1.165) is 24.1 Å². The summed E-state index contributed by atoms with van der Waals surface area (Å²) < 4.78 is 0. The van der Waals surface area contributed by atoms with Crippen molar-refractivity contribution in [3.05, 3.63) is 54.9 Å². The summed E-state index contributed by atoms with van der Waals surface area (Å²) in [6, 6.07) is 13.7. The normalized spacial score (nSPS) is 14.9. The Balaban J connectivity index is 1.70. The third-order valence-corrected chi connectivity index (χ3v) is 4.02. The Hall–Kier alpha value is -3.02.